The molecule has 0 unspecified atom stereocenters. The molecule has 1 amide bonds. The van der Waals surface area contributed by atoms with Crippen molar-refractivity contribution in [2.75, 3.05) is 19.7 Å². The highest BCUT2D eigenvalue weighted by Crippen LogP contribution is 2.33. The van der Waals surface area contributed by atoms with E-state index in [1.165, 1.54) is 0 Å². The molecule has 140 valence electrons. The van der Waals surface area contributed by atoms with E-state index in [0.29, 0.717) is 19.1 Å². The van der Waals surface area contributed by atoms with Gasteiger partial charge in [-0.05, 0) is 18.8 Å². The summed E-state index contributed by atoms with van der Waals surface area (Å²) in [7, 11) is 0. The van der Waals surface area contributed by atoms with E-state index in [0.717, 1.165) is 48.8 Å². The zero-order chi connectivity index (χ0) is 18.5. The minimum absolute atomic E-state index is 0.142. The number of piperidine rings is 1. The van der Waals surface area contributed by atoms with E-state index < -0.39 is 0 Å². The third kappa shape index (κ3) is 4.52. The van der Waals surface area contributed by atoms with Gasteiger partial charge >= 0.3 is 0 Å². The van der Waals surface area contributed by atoms with Gasteiger partial charge in [0.05, 0.1) is 6.61 Å². The van der Waals surface area contributed by atoms with Crippen LogP contribution in [0.3, 0.4) is 0 Å². The van der Waals surface area contributed by atoms with Gasteiger partial charge in [-0.2, -0.15) is 0 Å². The normalized spacial score (nSPS) is 15.6. The Kier molecular flexibility index (Phi) is 6.09. The topological polar surface area (TPSA) is 55.6 Å². The van der Waals surface area contributed by atoms with E-state index >= 15 is 0 Å². The fourth-order valence-corrected chi connectivity index (χ4v) is 3.29. The average Bonchev–Trinajstić information content (AvgIpc) is 3.06. The Morgan fingerprint density at radius 3 is 2.58 bits per heavy atom. The first-order valence-corrected chi connectivity index (χ1v) is 9.43. The summed E-state index contributed by atoms with van der Waals surface area (Å²) in [6, 6.07) is 10.1. The number of nitrogens with zero attached hydrogens (tertiary/aromatic N) is 2. The number of amides is 1. The van der Waals surface area contributed by atoms with Gasteiger partial charge in [0.15, 0.2) is 11.7 Å². The maximum Gasteiger partial charge on any atom is 0.219 e. The third-order valence-electron chi connectivity index (χ3n) is 4.73. The van der Waals surface area contributed by atoms with Crippen LogP contribution < -0.4 is 0 Å². The maximum atomic E-state index is 11.5. The highest BCUT2D eigenvalue weighted by atomic mass is 16.5. The lowest BCUT2D eigenvalue weighted by atomic mass is 9.97. The number of likely N-dealkylation sites (tertiary alicyclic amines) is 1. The van der Waals surface area contributed by atoms with Crippen molar-refractivity contribution in [1.29, 1.82) is 0 Å². The van der Waals surface area contributed by atoms with Crippen molar-refractivity contribution in [2.45, 2.75) is 46.1 Å². The Morgan fingerprint density at radius 1 is 1.27 bits per heavy atom. The number of rotatable bonds is 6. The van der Waals surface area contributed by atoms with Gasteiger partial charge in [-0.3, -0.25) is 4.79 Å². The summed E-state index contributed by atoms with van der Waals surface area (Å²) in [4.78, 5) is 18.2. The van der Waals surface area contributed by atoms with Crippen LogP contribution >= 0.6 is 0 Å². The molecule has 0 saturated carbocycles. The third-order valence-corrected chi connectivity index (χ3v) is 4.73. The van der Waals surface area contributed by atoms with Crippen molar-refractivity contribution < 1.29 is 13.9 Å². The molecule has 1 saturated heterocycles. The molecule has 1 fully saturated rings. The molecular formula is C21H28N2O3. The number of aromatic nitrogens is 1. The van der Waals surface area contributed by atoms with Crippen LogP contribution in [-0.2, 0) is 16.1 Å². The SMILES string of the molecule is CC(=O)N1CCC(c2nc(COCC(C)C)c(-c3ccccc3)o2)CC1. The lowest BCUT2D eigenvalue weighted by Gasteiger charge is -2.29. The fourth-order valence-electron chi connectivity index (χ4n) is 3.29. The second-order valence-electron chi connectivity index (χ2n) is 7.38. The molecule has 0 N–H and O–H groups in total. The first-order chi connectivity index (χ1) is 12.5. The van der Waals surface area contributed by atoms with Crippen molar-refractivity contribution in [3.8, 4) is 11.3 Å². The van der Waals surface area contributed by atoms with Gasteiger partial charge < -0.3 is 14.1 Å². The van der Waals surface area contributed by atoms with Crippen LogP contribution in [0, 0.1) is 5.92 Å². The van der Waals surface area contributed by atoms with Crippen LogP contribution in [-0.4, -0.2) is 35.5 Å². The van der Waals surface area contributed by atoms with Crippen molar-refractivity contribution in [1.82, 2.24) is 9.88 Å². The highest BCUT2D eigenvalue weighted by molar-refractivity contribution is 5.73. The second-order valence-corrected chi connectivity index (χ2v) is 7.38. The molecule has 26 heavy (non-hydrogen) atoms. The number of carbonyl (C=O) groups is 1. The predicted molar refractivity (Wildman–Crippen MR) is 101 cm³/mol. The number of hydrogen-bond donors (Lipinski definition) is 0. The van der Waals surface area contributed by atoms with Gasteiger partial charge in [0, 0.05) is 38.1 Å². The molecule has 1 aromatic heterocycles. The number of oxazole rings is 1. The summed E-state index contributed by atoms with van der Waals surface area (Å²) in [5, 5.41) is 0. The largest absolute Gasteiger partial charge is 0.440 e. The molecule has 2 aromatic rings. The van der Waals surface area contributed by atoms with Gasteiger partial charge in [0.1, 0.15) is 5.69 Å². The van der Waals surface area contributed by atoms with Crippen LogP contribution in [0.2, 0.25) is 0 Å². The fraction of sp³-hybridized carbons (Fsp3) is 0.524. The van der Waals surface area contributed by atoms with Crippen LogP contribution in [0.15, 0.2) is 34.7 Å². The number of hydrogen-bond acceptors (Lipinski definition) is 4. The van der Waals surface area contributed by atoms with Crippen LogP contribution in [0.5, 0.6) is 0 Å². The molecule has 2 heterocycles. The summed E-state index contributed by atoms with van der Waals surface area (Å²) in [5.74, 6) is 2.46. The van der Waals surface area contributed by atoms with Gasteiger partial charge in [0.25, 0.3) is 0 Å². The van der Waals surface area contributed by atoms with Crippen molar-refractivity contribution in [3.63, 3.8) is 0 Å². The van der Waals surface area contributed by atoms with Gasteiger partial charge in [0.2, 0.25) is 5.91 Å². The Hall–Kier alpha value is -2.14. The Morgan fingerprint density at radius 2 is 1.96 bits per heavy atom. The van der Waals surface area contributed by atoms with E-state index in [1.54, 1.807) is 6.92 Å². The summed E-state index contributed by atoms with van der Waals surface area (Å²) >= 11 is 0. The summed E-state index contributed by atoms with van der Waals surface area (Å²) < 4.78 is 12.0. The molecule has 5 nitrogen and oxygen atoms in total. The average molecular weight is 356 g/mol. The van der Waals surface area contributed by atoms with Crippen LogP contribution in [0.25, 0.3) is 11.3 Å². The van der Waals surface area contributed by atoms with E-state index in [4.69, 9.17) is 14.1 Å². The van der Waals surface area contributed by atoms with Gasteiger partial charge in [-0.15, -0.1) is 0 Å². The van der Waals surface area contributed by atoms with Crippen LogP contribution in [0.1, 0.15) is 51.1 Å². The first-order valence-electron chi connectivity index (χ1n) is 9.43. The molecule has 1 aromatic carbocycles. The molecule has 5 heteroatoms. The molecule has 0 atom stereocenters. The molecule has 0 aliphatic carbocycles. The van der Waals surface area contributed by atoms with Crippen LogP contribution in [0.4, 0.5) is 0 Å². The van der Waals surface area contributed by atoms with Gasteiger partial charge in [-0.25, -0.2) is 4.98 Å². The molecule has 0 radical (unpaired) electrons. The smallest absolute Gasteiger partial charge is 0.219 e. The minimum Gasteiger partial charge on any atom is -0.440 e. The first kappa shape index (κ1) is 18.6. The molecule has 1 aliphatic rings. The van der Waals surface area contributed by atoms with E-state index in [-0.39, 0.29) is 11.8 Å². The maximum absolute atomic E-state index is 11.5. The highest BCUT2D eigenvalue weighted by Gasteiger charge is 2.27. The summed E-state index contributed by atoms with van der Waals surface area (Å²) in [5.41, 5.74) is 1.89. The van der Waals surface area contributed by atoms with Crippen molar-refractivity contribution >= 4 is 5.91 Å². The van der Waals surface area contributed by atoms with Crippen molar-refractivity contribution in [3.05, 3.63) is 41.9 Å². The standard InChI is InChI=1S/C21H28N2O3/c1-15(2)13-25-14-19-20(17-7-5-4-6-8-17)26-21(22-19)18-9-11-23(12-10-18)16(3)24/h4-8,15,18H,9-14H2,1-3H3. The molecular weight excluding hydrogens is 328 g/mol. The monoisotopic (exact) mass is 356 g/mol. The Labute approximate surface area is 155 Å². The lowest BCUT2D eigenvalue weighted by molar-refractivity contribution is -0.129. The molecule has 0 bridgehead atoms. The lowest BCUT2D eigenvalue weighted by Crippen LogP contribution is -2.36. The molecule has 1 aliphatic heterocycles. The number of benzene rings is 1. The minimum atomic E-state index is 0.142. The Bertz CT molecular complexity index is 716. The van der Waals surface area contributed by atoms with E-state index in [1.807, 2.05) is 35.2 Å². The quantitative estimate of drug-likeness (QED) is 0.777. The molecule has 3 rings (SSSR count). The zero-order valence-corrected chi connectivity index (χ0v) is 15.9. The number of ether oxygens (including phenoxy) is 1. The summed E-state index contributed by atoms with van der Waals surface area (Å²) in [6.45, 7) is 8.59. The zero-order valence-electron chi connectivity index (χ0n) is 15.9. The molecule has 0 spiro atoms. The Balaban J connectivity index is 1.78. The summed E-state index contributed by atoms with van der Waals surface area (Å²) in [6.07, 6.45) is 1.78. The number of carbonyl (C=O) groups excluding carboxylic acids is 1. The second kappa shape index (κ2) is 8.49. The van der Waals surface area contributed by atoms with E-state index in [9.17, 15) is 4.79 Å². The van der Waals surface area contributed by atoms with Crippen molar-refractivity contribution in [2.24, 2.45) is 5.92 Å². The van der Waals surface area contributed by atoms with Gasteiger partial charge in [-0.1, -0.05) is 44.2 Å². The predicted octanol–water partition coefficient (Wildman–Crippen LogP) is 4.24. The van der Waals surface area contributed by atoms with E-state index in [2.05, 4.69) is 13.8 Å².